The van der Waals surface area contributed by atoms with Crippen molar-refractivity contribution in [1.82, 2.24) is 30.0 Å². The summed E-state index contributed by atoms with van der Waals surface area (Å²) in [4.78, 5) is 6.13. The third-order valence-corrected chi connectivity index (χ3v) is 3.87. The number of alkyl halides is 2. The molecule has 0 radical (unpaired) electrons. The number of aromatic nitrogens is 5. The van der Waals surface area contributed by atoms with E-state index in [1.54, 1.807) is 22.8 Å². The number of piperidine rings is 1. The topological polar surface area (TPSA) is 72.9 Å². The van der Waals surface area contributed by atoms with Crippen molar-refractivity contribution in [3.8, 4) is 11.5 Å². The SMILES string of the molecule is Cn1cc(-c2noc(CC3CCN(CC(F)F)CC3)n2)nn1. The molecule has 7 nitrogen and oxygen atoms in total. The summed E-state index contributed by atoms with van der Waals surface area (Å²) >= 11 is 0. The van der Waals surface area contributed by atoms with Crippen LogP contribution in [0.15, 0.2) is 10.7 Å². The Hall–Kier alpha value is -1.90. The van der Waals surface area contributed by atoms with Crippen LogP contribution in [0, 0.1) is 5.92 Å². The normalized spacial score (nSPS) is 17.5. The van der Waals surface area contributed by atoms with Crippen LogP contribution in [0.3, 0.4) is 0 Å². The van der Waals surface area contributed by atoms with Gasteiger partial charge in [0.05, 0.1) is 12.7 Å². The molecule has 22 heavy (non-hydrogen) atoms. The molecule has 1 fully saturated rings. The smallest absolute Gasteiger partial charge is 0.251 e. The molecule has 0 N–H and O–H groups in total. The molecule has 0 bridgehead atoms. The Kier molecular flexibility index (Phi) is 4.41. The molecule has 2 aromatic rings. The zero-order chi connectivity index (χ0) is 15.5. The fraction of sp³-hybridized carbons (Fsp3) is 0.692. The second-order valence-electron chi connectivity index (χ2n) is 5.63. The van der Waals surface area contributed by atoms with E-state index < -0.39 is 6.43 Å². The summed E-state index contributed by atoms with van der Waals surface area (Å²) in [7, 11) is 1.77. The van der Waals surface area contributed by atoms with Crippen LogP contribution in [0.5, 0.6) is 0 Å². The average Bonchev–Trinajstić information content (AvgIpc) is 3.09. The van der Waals surface area contributed by atoms with Gasteiger partial charge in [0, 0.05) is 13.5 Å². The van der Waals surface area contributed by atoms with Gasteiger partial charge < -0.3 is 4.52 Å². The lowest BCUT2D eigenvalue weighted by Crippen LogP contribution is -2.37. The maximum absolute atomic E-state index is 12.3. The first-order valence-electron chi connectivity index (χ1n) is 7.30. The molecule has 0 unspecified atom stereocenters. The van der Waals surface area contributed by atoms with Crippen LogP contribution in [0.4, 0.5) is 8.78 Å². The van der Waals surface area contributed by atoms with Gasteiger partial charge in [-0.15, -0.1) is 5.10 Å². The van der Waals surface area contributed by atoms with Gasteiger partial charge in [-0.25, -0.2) is 8.78 Å². The van der Waals surface area contributed by atoms with Crippen LogP contribution < -0.4 is 0 Å². The standard InChI is InChI=1S/C13H18F2N6O/c1-20-7-10(17-19-20)13-16-12(22-18-13)6-9-2-4-21(5-3-9)8-11(14)15/h7,9,11H,2-6,8H2,1H3. The van der Waals surface area contributed by atoms with E-state index in [4.69, 9.17) is 4.52 Å². The zero-order valence-corrected chi connectivity index (χ0v) is 12.3. The van der Waals surface area contributed by atoms with Crippen molar-refractivity contribution in [3.05, 3.63) is 12.1 Å². The summed E-state index contributed by atoms with van der Waals surface area (Å²) in [5.41, 5.74) is 0.573. The third-order valence-electron chi connectivity index (χ3n) is 3.87. The molecule has 1 saturated heterocycles. The summed E-state index contributed by atoms with van der Waals surface area (Å²) in [6, 6.07) is 0. The molecule has 120 valence electrons. The fourth-order valence-electron chi connectivity index (χ4n) is 2.71. The predicted molar refractivity (Wildman–Crippen MR) is 73.2 cm³/mol. The molecule has 9 heteroatoms. The summed E-state index contributed by atoms with van der Waals surface area (Å²) in [6.45, 7) is 1.25. The van der Waals surface area contributed by atoms with E-state index in [1.807, 2.05) is 0 Å². The first-order valence-corrected chi connectivity index (χ1v) is 7.30. The van der Waals surface area contributed by atoms with Crippen LogP contribution in [0.1, 0.15) is 18.7 Å². The Morgan fingerprint density at radius 2 is 2.14 bits per heavy atom. The highest BCUT2D eigenvalue weighted by molar-refractivity contribution is 5.45. The average molecular weight is 312 g/mol. The van der Waals surface area contributed by atoms with Crippen molar-refractivity contribution in [3.63, 3.8) is 0 Å². The van der Waals surface area contributed by atoms with Crippen LogP contribution >= 0.6 is 0 Å². The van der Waals surface area contributed by atoms with Gasteiger partial charge in [0.2, 0.25) is 11.7 Å². The lowest BCUT2D eigenvalue weighted by molar-refractivity contribution is 0.0681. The highest BCUT2D eigenvalue weighted by Crippen LogP contribution is 2.22. The maximum Gasteiger partial charge on any atom is 0.251 e. The Labute approximate surface area is 126 Å². The Morgan fingerprint density at radius 1 is 1.36 bits per heavy atom. The van der Waals surface area contributed by atoms with E-state index in [-0.39, 0.29) is 6.54 Å². The highest BCUT2D eigenvalue weighted by atomic mass is 19.3. The zero-order valence-electron chi connectivity index (χ0n) is 12.3. The van der Waals surface area contributed by atoms with Gasteiger partial charge in [-0.05, 0) is 31.8 Å². The quantitative estimate of drug-likeness (QED) is 0.830. The van der Waals surface area contributed by atoms with Gasteiger partial charge in [0.1, 0.15) is 0 Å². The largest absolute Gasteiger partial charge is 0.339 e. The molecule has 1 aliphatic rings. The van der Waals surface area contributed by atoms with Gasteiger partial charge in [0.25, 0.3) is 6.43 Å². The summed E-state index contributed by atoms with van der Waals surface area (Å²) < 4.78 is 31.5. The Morgan fingerprint density at radius 3 is 2.77 bits per heavy atom. The molecular formula is C13H18F2N6O. The van der Waals surface area contributed by atoms with Crippen molar-refractivity contribution in [1.29, 1.82) is 0 Å². The second kappa shape index (κ2) is 6.47. The van der Waals surface area contributed by atoms with Crippen LogP contribution in [0.25, 0.3) is 11.5 Å². The molecule has 0 saturated carbocycles. The van der Waals surface area contributed by atoms with E-state index in [0.717, 1.165) is 12.8 Å². The molecular weight excluding hydrogens is 294 g/mol. The molecule has 3 heterocycles. The fourth-order valence-corrected chi connectivity index (χ4v) is 2.71. The third kappa shape index (κ3) is 3.65. The first-order chi connectivity index (χ1) is 10.6. The van der Waals surface area contributed by atoms with Crippen molar-refractivity contribution < 1.29 is 13.3 Å². The highest BCUT2D eigenvalue weighted by Gasteiger charge is 2.23. The number of hydrogen-bond acceptors (Lipinski definition) is 6. The van der Waals surface area contributed by atoms with Gasteiger partial charge in [-0.1, -0.05) is 10.4 Å². The Bertz CT molecular complexity index is 605. The number of rotatable bonds is 5. The van der Waals surface area contributed by atoms with Crippen molar-refractivity contribution >= 4 is 0 Å². The number of halogens is 2. The summed E-state index contributed by atoms with van der Waals surface area (Å²) in [6.07, 6.45) is 1.88. The van der Waals surface area contributed by atoms with E-state index >= 15 is 0 Å². The number of nitrogens with zero attached hydrogens (tertiary/aromatic N) is 6. The molecule has 0 amide bonds. The minimum absolute atomic E-state index is 0.135. The second-order valence-corrected chi connectivity index (χ2v) is 5.63. The number of hydrogen-bond donors (Lipinski definition) is 0. The van der Waals surface area contributed by atoms with Crippen molar-refractivity contribution in [2.75, 3.05) is 19.6 Å². The summed E-state index contributed by atoms with van der Waals surface area (Å²) in [5.74, 6) is 1.38. The van der Waals surface area contributed by atoms with Crippen molar-refractivity contribution in [2.24, 2.45) is 13.0 Å². The summed E-state index contributed by atoms with van der Waals surface area (Å²) in [5, 5.41) is 11.7. The van der Waals surface area contributed by atoms with Crippen LogP contribution in [-0.2, 0) is 13.5 Å². The monoisotopic (exact) mass is 312 g/mol. The van der Waals surface area contributed by atoms with E-state index in [1.165, 1.54) is 0 Å². The molecule has 0 aliphatic carbocycles. The van der Waals surface area contributed by atoms with Crippen LogP contribution in [-0.4, -0.2) is 56.1 Å². The lowest BCUT2D eigenvalue weighted by Gasteiger charge is -2.30. The molecule has 0 aromatic carbocycles. The van der Waals surface area contributed by atoms with E-state index in [0.29, 0.717) is 42.8 Å². The molecule has 3 rings (SSSR count). The molecule has 2 aromatic heterocycles. The number of likely N-dealkylation sites (tertiary alicyclic amines) is 1. The van der Waals surface area contributed by atoms with Crippen molar-refractivity contribution in [2.45, 2.75) is 25.7 Å². The van der Waals surface area contributed by atoms with Gasteiger partial charge in [0.15, 0.2) is 5.69 Å². The molecule has 1 aliphatic heterocycles. The van der Waals surface area contributed by atoms with E-state index in [9.17, 15) is 8.78 Å². The predicted octanol–water partition coefficient (Wildman–Crippen LogP) is 1.38. The number of aryl methyl sites for hydroxylation is 1. The Balaban J connectivity index is 1.53. The van der Waals surface area contributed by atoms with Gasteiger partial charge >= 0.3 is 0 Å². The molecule has 0 atom stereocenters. The molecule has 0 spiro atoms. The lowest BCUT2D eigenvalue weighted by atomic mass is 9.93. The first kappa shape index (κ1) is 15.0. The van der Waals surface area contributed by atoms with Gasteiger partial charge in [-0.3, -0.25) is 9.58 Å². The minimum atomic E-state index is -2.26. The van der Waals surface area contributed by atoms with Crippen LogP contribution in [0.2, 0.25) is 0 Å². The maximum atomic E-state index is 12.3. The van der Waals surface area contributed by atoms with E-state index in [2.05, 4.69) is 20.5 Å². The van der Waals surface area contributed by atoms with Gasteiger partial charge in [-0.2, -0.15) is 4.98 Å². The minimum Gasteiger partial charge on any atom is -0.339 e.